The highest BCUT2D eigenvalue weighted by Crippen LogP contribution is 2.33. The monoisotopic (exact) mass is 396 g/mol. The quantitative estimate of drug-likeness (QED) is 0.827. The van der Waals surface area contributed by atoms with Gasteiger partial charge in [-0.05, 0) is 48.9 Å². The maximum absolute atomic E-state index is 13.0. The number of carbonyl (C=O) groups is 2. The molecule has 1 aromatic carbocycles. The fourth-order valence-electron chi connectivity index (χ4n) is 3.18. The minimum Gasteiger partial charge on any atom is -0.337 e. The van der Waals surface area contributed by atoms with E-state index in [4.69, 9.17) is 0 Å². The molecule has 2 aromatic rings. The van der Waals surface area contributed by atoms with Crippen LogP contribution in [0.25, 0.3) is 0 Å². The lowest BCUT2D eigenvalue weighted by Gasteiger charge is -2.31. The molecular weight excluding hydrogens is 377 g/mol. The zero-order valence-electron chi connectivity index (χ0n) is 14.7. The molecule has 2 heterocycles. The molecule has 0 bridgehead atoms. The number of amides is 2. The second-order valence-electron chi connectivity index (χ2n) is 6.58. The Morgan fingerprint density at radius 1 is 1.26 bits per heavy atom. The molecule has 1 aliphatic rings. The summed E-state index contributed by atoms with van der Waals surface area (Å²) in [5, 5.41) is 4.39. The first-order valence-electron chi connectivity index (χ1n) is 8.57. The molecule has 1 atom stereocenters. The molecule has 27 heavy (non-hydrogen) atoms. The third-order valence-electron chi connectivity index (χ3n) is 4.62. The molecule has 8 heteroatoms. The zero-order valence-corrected chi connectivity index (χ0v) is 15.5. The van der Waals surface area contributed by atoms with Crippen molar-refractivity contribution in [3.63, 3.8) is 0 Å². The van der Waals surface area contributed by atoms with E-state index in [1.54, 1.807) is 17.0 Å². The van der Waals surface area contributed by atoms with Crippen LogP contribution in [-0.4, -0.2) is 29.8 Å². The van der Waals surface area contributed by atoms with Gasteiger partial charge in [0.1, 0.15) is 0 Å². The van der Waals surface area contributed by atoms with Crippen molar-refractivity contribution >= 4 is 28.8 Å². The summed E-state index contributed by atoms with van der Waals surface area (Å²) >= 11 is 1.34. The minimum atomic E-state index is -4.47. The number of carbonyl (C=O) groups excluding carboxylic acids is 2. The minimum absolute atomic E-state index is 0.103. The third-order valence-corrected chi connectivity index (χ3v) is 5.48. The Kier molecular flexibility index (Phi) is 5.55. The summed E-state index contributed by atoms with van der Waals surface area (Å²) in [5.41, 5.74) is -0.552. The Balaban J connectivity index is 1.68. The Morgan fingerprint density at radius 2 is 2.04 bits per heavy atom. The van der Waals surface area contributed by atoms with Crippen LogP contribution < -0.4 is 5.32 Å². The van der Waals surface area contributed by atoms with Crippen LogP contribution in [0.3, 0.4) is 0 Å². The number of nitrogens with zero attached hydrogens (tertiary/aromatic N) is 1. The van der Waals surface area contributed by atoms with Crippen LogP contribution in [0.4, 0.5) is 18.9 Å². The number of rotatable bonds is 3. The highest BCUT2D eigenvalue weighted by atomic mass is 32.1. The molecule has 2 amide bonds. The molecule has 1 aromatic heterocycles. The van der Waals surface area contributed by atoms with E-state index < -0.39 is 17.7 Å². The zero-order chi connectivity index (χ0) is 19.6. The number of hydrogen-bond acceptors (Lipinski definition) is 3. The van der Waals surface area contributed by atoms with Gasteiger partial charge in [-0.1, -0.05) is 12.1 Å². The first-order valence-corrected chi connectivity index (χ1v) is 9.45. The number of hydrogen-bond donors (Lipinski definition) is 1. The summed E-state index contributed by atoms with van der Waals surface area (Å²) in [6.07, 6.45) is -3.20. The van der Waals surface area contributed by atoms with Crippen LogP contribution in [0.15, 0.2) is 35.7 Å². The number of aryl methyl sites for hydroxylation is 1. The van der Waals surface area contributed by atoms with Gasteiger partial charge < -0.3 is 10.2 Å². The Morgan fingerprint density at radius 3 is 2.70 bits per heavy atom. The van der Waals surface area contributed by atoms with E-state index in [9.17, 15) is 22.8 Å². The van der Waals surface area contributed by atoms with Gasteiger partial charge in [-0.25, -0.2) is 0 Å². The van der Waals surface area contributed by atoms with Gasteiger partial charge in [0.15, 0.2) is 0 Å². The van der Waals surface area contributed by atoms with Gasteiger partial charge >= 0.3 is 6.18 Å². The summed E-state index contributed by atoms with van der Waals surface area (Å²) < 4.78 is 39.1. The normalized spacial score (nSPS) is 17.6. The number of nitrogens with one attached hydrogen (secondary N) is 1. The Labute approximate surface area is 159 Å². The molecular formula is C19H19F3N2O2S. The van der Waals surface area contributed by atoms with Crippen molar-refractivity contribution in [1.82, 2.24) is 4.90 Å². The van der Waals surface area contributed by atoms with Gasteiger partial charge in [0.2, 0.25) is 5.91 Å². The molecule has 1 saturated heterocycles. The molecule has 0 spiro atoms. The number of alkyl halides is 3. The smallest absolute Gasteiger partial charge is 0.337 e. The topological polar surface area (TPSA) is 49.4 Å². The molecule has 1 fully saturated rings. The van der Waals surface area contributed by atoms with E-state index in [2.05, 4.69) is 5.32 Å². The molecule has 144 valence electrons. The van der Waals surface area contributed by atoms with Crippen molar-refractivity contribution in [3.05, 3.63) is 51.7 Å². The third kappa shape index (κ3) is 4.50. The second kappa shape index (κ2) is 7.72. The van der Waals surface area contributed by atoms with Gasteiger partial charge in [-0.3, -0.25) is 9.59 Å². The maximum Gasteiger partial charge on any atom is 0.416 e. The SMILES string of the molecule is Cc1ccc(NC(=O)C2CCCN(C(=O)c3cccs3)C2)cc1C(F)(F)F. The van der Waals surface area contributed by atoms with Crippen LogP contribution in [0.1, 0.15) is 33.6 Å². The fourth-order valence-corrected chi connectivity index (χ4v) is 3.87. The lowest BCUT2D eigenvalue weighted by molar-refractivity contribution is -0.138. The van der Waals surface area contributed by atoms with Crippen molar-refractivity contribution in [2.24, 2.45) is 5.92 Å². The van der Waals surface area contributed by atoms with Gasteiger partial charge in [0, 0.05) is 18.8 Å². The van der Waals surface area contributed by atoms with E-state index in [0.717, 1.165) is 6.07 Å². The highest BCUT2D eigenvalue weighted by Gasteiger charge is 2.33. The van der Waals surface area contributed by atoms with Crippen molar-refractivity contribution in [1.29, 1.82) is 0 Å². The van der Waals surface area contributed by atoms with Gasteiger partial charge in [0.25, 0.3) is 5.91 Å². The Bertz CT molecular complexity index is 834. The maximum atomic E-state index is 13.0. The molecule has 0 radical (unpaired) electrons. The van der Waals surface area contributed by atoms with Crippen LogP contribution in [-0.2, 0) is 11.0 Å². The molecule has 0 saturated carbocycles. The number of benzene rings is 1. The summed E-state index contributed by atoms with van der Waals surface area (Å²) in [5.74, 6) is -0.925. The molecule has 1 aliphatic heterocycles. The van der Waals surface area contributed by atoms with Gasteiger partial charge in [-0.2, -0.15) is 13.2 Å². The van der Waals surface area contributed by atoms with E-state index in [0.29, 0.717) is 24.3 Å². The molecule has 3 rings (SSSR count). The van der Waals surface area contributed by atoms with Gasteiger partial charge in [-0.15, -0.1) is 11.3 Å². The van der Waals surface area contributed by atoms with Crippen LogP contribution in [0.2, 0.25) is 0 Å². The summed E-state index contributed by atoms with van der Waals surface area (Å²) in [4.78, 5) is 27.2. The highest BCUT2D eigenvalue weighted by molar-refractivity contribution is 7.12. The number of likely N-dealkylation sites (tertiary alicyclic amines) is 1. The second-order valence-corrected chi connectivity index (χ2v) is 7.53. The van der Waals surface area contributed by atoms with Crippen LogP contribution in [0.5, 0.6) is 0 Å². The lowest BCUT2D eigenvalue weighted by atomic mass is 9.96. The lowest BCUT2D eigenvalue weighted by Crippen LogP contribution is -2.43. The number of piperidine rings is 1. The molecule has 0 aliphatic carbocycles. The van der Waals surface area contributed by atoms with E-state index in [1.165, 1.54) is 30.4 Å². The van der Waals surface area contributed by atoms with Crippen molar-refractivity contribution in [2.75, 3.05) is 18.4 Å². The van der Waals surface area contributed by atoms with E-state index in [-0.39, 0.29) is 29.6 Å². The summed E-state index contributed by atoms with van der Waals surface area (Å²) in [6, 6.07) is 7.28. The molecule has 4 nitrogen and oxygen atoms in total. The molecule has 1 N–H and O–H groups in total. The predicted octanol–water partition coefficient (Wildman–Crippen LogP) is 4.57. The average molecular weight is 396 g/mol. The largest absolute Gasteiger partial charge is 0.416 e. The standard InChI is InChI=1S/C19H19F3N2O2S/c1-12-6-7-14(10-15(12)19(20,21)22)23-17(25)13-4-2-8-24(11-13)18(26)16-5-3-9-27-16/h3,5-7,9-10,13H,2,4,8,11H2,1H3,(H,23,25). The first kappa shape index (κ1) is 19.4. The molecule has 1 unspecified atom stereocenters. The van der Waals surface area contributed by atoms with E-state index >= 15 is 0 Å². The van der Waals surface area contributed by atoms with Gasteiger partial charge in [0.05, 0.1) is 16.4 Å². The first-order chi connectivity index (χ1) is 12.8. The summed E-state index contributed by atoms with van der Waals surface area (Å²) in [7, 11) is 0. The van der Waals surface area contributed by atoms with Crippen molar-refractivity contribution < 1.29 is 22.8 Å². The van der Waals surface area contributed by atoms with Crippen molar-refractivity contribution in [3.8, 4) is 0 Å². The summed E-state index contributed by atoms with van der Waals surface area (Å²) in [6.45, 7) is 2.22. The van der Waals surface area contributed by atoms with Crippen LogP contribution >= 0.6 is 11.3 Å². The fraction of sp³-hybridized carbons (Fsp3) is 0.368. The average Bonchev–Trinajstić information content (AvgIpc) is 3.16. The van der Waals surface area contributed by atoms with E-state index in [1.807, 2.05) is 5.38 Å². The number of anilines is 1. The number of thiophene rings is 1. The number of halogens is 3. The predicted molar refractivity (Wildman–Crippen MR) is 97.8 cm³/mol. The Hall–Kier alpha value is -2.35. The van der Waals surface area contributed by atoms with Crippen molar-refractivity contribution in [2.45, 2.75) is 25.9 Å². The van der Waals surface area contributed by atoms with Crippen LogP contribution in [0, 0.1) is 12.8 Å².